The molecule has 1 atom stereocenters. The molecule has 0 heterocycles. The van der Waals surface area contributed by atoms with Crippen LogP contribution in [0.5, 0.6) is 0 Å². The Morgan fingerprint density at radius 3 is 2.29 bits per heavy atom. The summed E-state index contributed by atoms with van der Waals surface area (Å²) in [6.45, 7) is 0.745. The number of carbonyl (C=O) groups is 1. The molecule has 0 saturated heterocycles. The molecule has 0 bridgehead atoms. The van der Waals surface area contributed by atoms with Crippen LogP contribution in [0, 0.1) is 5.92 Å². The van der Waals surface area contributed by atoms with Gasteiger partial charge in [-0.05, 0) is 45.7 Å². The highest BCUT2D eigenvalue weighted by molar-refractivity contribution is 5.86. The van der Waals surface area contributed by atoms with Gasteiger partial charge in [-0.3, -0.25) is 4.79 Å². The van der Waals surface area contributed by atoms with E-state index in [0.29, 0.717) is 12.0 Å². The van der Waals surface area contributed by atoms with Crippen LogP contribution < -0.4 is 11.1 Å². The van der Waals surface area contributed by atoms with Gasteiger partial charge in [0.05, 0.1) is 5.54 Å². The van der Waals surface area contributed by atoms with E-state index in [1.807, 2.05) is 0 Å². The minimum atomic E-state index is -0.609. The molecule has 0 aromatic rings. The van der Waals surface area contributed by atoms with Gasteiger partial charge in [0.2, 0.25) is 5.91 Å². The lowest BCUT2D eigenvalue weighted by atomic mass is 9.81. The van der Waals surface area contributed by atoms with Crippen LogP contribution in [0.4, 0.5) is 0 Å². The van der Waals surface area contributed by atoms with E-state index < -0.39 is 5.54 Å². The van der Waals surface area contributed by atoms with Gasteiger partial charge >= 0.3 is 0 Å². The molecule has 2 aliphatic carbocycles. The number of rotatable bonds is 5. The van der Waals surface area contributed by atoms with Gasteiger partial charge in [-0.1, -0.05) is 38.5 Å². The number of likely N-dealkylation sites (N-methyl/N-ethyl adjacent to an activating group) is 1. The molecule has 1 amide bonds. The lowest BCUT2D eigenvalue weighted by molar-refractivity contribution is -0.127. The lowest BCUT2D eigenvalue weighted by Crippen LogP contribution is -2.57. The maximum Gasteiger partial charge on any atom is 0.240 e. The van der Waals surface area contributed by atoms with E-state index in [1.54, 1.807) is 0 Å². The topological polar surface area (TPSA) is 58.4 Å². The van der Waals surface area contributed by atoms with E-state index in [9.17, 15) is 4.79 Å². The predicted octanol–water partition coefficient (Wildman–Crippen LogP) is 2.27. The summed E-state index contributed by atoms with van der Waals surface area (Å²) in [6, 6.07) is 0.446. The summed E-state index contributed by atoms with van der Waals surface area (Å²) < 4.78 is 0. The van der Waals surface area contributed by atoms with Crippen molar-refractivity contribution in [2.75, 3.05) is 20.6 Å². The Kier molecular flexibility index (Phi) is 6.06. The second-order valence-electron chi connectivity index (χ2n) is 7.36. The molecule has 2 aliphatic rings. The number of hydrogen-bond donors (Lipinski definition) is 2. The average molecular weight is 295 g/mol. The quantitative estimate of drug-likeness (QED) is 0.818. The summed E-state index contributed by atoms with van der Waals surface area (Å²) in [5.41, 5.74) is 5.71. The van der Waals surface area contributed by atoms with Gasteiger partial charge in [0.1, 0.15) is 0 Å². The second-order valence-corrected chi connectivity index (χ2v) is 7.36. The largest absolute Gasteiger partial charge is 0.353 e. The number of nitrogens with two attached hydrogens (primary N) is 1. The minimum Gasteiger partial charge on any atom is -0.353 e. The third-order valence-electron chi connectivity index (χ3n) is 5.53. The first-order valence-electron chi connectivity index (χ1n) is 8.76. The van der Waals surface area contributed by atoms with E-state index in [2.05, 4.69) is 24.3 Å². The van der Waals surface area contributed by atoms with Crippen molar-refractivity contribution >= 4 is 5.91 Å². The van der Waals surface area contributed by atoms with Crippen LogP contribution in [0.15, 0.2) is 0 Å². The van der Waals surface area contributed by atoms with Crippen LogP contribution in [-0.2, 0) is 4.79 Å². The Morgan fingerprint density at radius 2 is 1.71 bits per heavy atom. The standard InChI is InChI=1S/C17H33N3O/c1-20(2)15(14-9-5-3-6-10-14)13-19-16(21)17(18)11-7-4-8-12-17/h14-15H,3-13,18H2,1-2H3,(H,19,21). The Bertz CT molecular complexity index is 331. The first-order valence-corrected chi connectivity index (χ1v) is 8.76. The average Bonchev–Trinajstić information content (AvgIpc) is 2.48. The molecule has 2 saturated carbocycles. The van der Waals surface area contributed by atoms with E-state index in [1.165, 1.54) is 38.5 Å². The first kappa shape index (κ1) is 16.8. The van der Waals surface area contributed by atoms with E-state index in [0.717, 1.165) is 32.2 Å². The minimum absolute atomic E-state index is 0.0739. The summed E-state index contributed by atoms with van der Waals surface area (Å²) in [5.74, 6) is 0.791. The molecular weight excluding hydrogens is 262 g/mol. The van der Waals surface area contributed by atoms with Crippen molar-refractivity contribution in [3.63, 3.8) is 0 Å². The normalized spacial score (nSPS) is 24.8. The molecule has 2 fully saturated rings. The van der Waals surface area contributed by atoms with Crippen LogP contribution in [0.2, 0.25) is 0 Å². The van der Waals surface area contributed by atoms with E-state index in [4.69, 9.17) is 5.73 Å². The summed E-state index contributed by atoms with van der Waals surface area (Å²) in [5, 5.41) is 3.17. The van der Waals surface area contributed by atoms with Gasteiger partial charge in [0, 0.05) is 12.6 Å². The molecule has 1 unspecified atom stereocenters. The molecule has 0 aromatic heterocycles. The number of carbonyl (C=O) groups excluding carboxylic acids is 1. The molecule has 4 nitrogen and oxygen atoms in total. The zero-order valence-corrected chi connectivity index (χ0v) is 13.9. The third-order valence-corrected chi connectivity index (χ3v) is 5.53. The van der Waals surface area contributed by atoms with Gasteiger partial charge in [0.25, 0.3) is 0 Å². The Labute approximate surface area is 129 Å². The Balaban J connectivity index is 1.87. The van der Waals surface area contributed by atoms with Crippen molar-refractivity contribution in [2.45, 2.75) is 75.8 Å². The Hall–Kier alpha value is -0.610. The van der Waals surface area contributed by atoms with Crippen molar-refractivity contribution in [3.05, 3.63) is 0 Å². The number of hydrogen-bond acceptors (Lipinski definition) is 3. The first-order chi connectivity index (χ1) is 10.0. The van der Waals surface area contributed by atoms with E-state index in [-0.39, 0.29) is 5.91 Å². The second kappa shape index (κ2) is 7.59. The van der Waals surface area contributed by atoms with Gasteiger partial charge < -0.3 is 16.0 Å². The Morgan fingerprint density at radius 1 is 1.14 bits per heavy atom. The van der Waals surface area contributed by atoms with Crippen LogP contribution >= 0.6 is 0 Å². The van der Waals surface area contributed by atoms with Crippen molar-refractivity contribution in [3.8, 4) is 0 Å². The van der Waals surface area contributed by atoms with Crippen molar-refractivity contribution in [1.29, 1.82) is 0 Å². The molecule has 0 radical (unpaired) electrons. The summed E-state index contributed by atoms with van der Waals surface area (Å²) in [7, 11) is 4.26. The maximum atomic E-state index is 12.5. The zero-order valence-electron chi connectivity index (χ0n) is 13.9. The highest BCUT2D eigenvalue weighted by Crippen LogP contribution is 2.29. The van der Waals surface area contributed by atoms with Gasteiger partial charge in [-0.25, -0.2) is 0 Å². The lowest BCUT2D eigenvalue weighted by Gasteiger charge is -2.37. The molecule has 21 heavy (non-hydrogen) atoms. The van der Waals surface area contributed by atoms with Crippen LogP contribution in [0.1, 0.15) is 64.2 Å². The fraction of sp³-hybridized carbons (Fsp3) is 0.941. The fourth-order valence-electron chi connectivity index (χ4n) is 4.07. The molecule has 3 N–H and O–H groups in total. The molecule has 4 heteroatoms. The summed E-state index contributed by atoms with van der Waals surface area (Å²) >= 11 is 0. The molecule has 2 rings (SSSR count). The summed E-state index contributed by atoms with van der Waals surface area (Å²) in [6.07, 6.45) is 11.7. The molecule has 122 valence electrons. The van der Waals surface area contributed by atoms with E-state index >= 15 is 0 Å². The van der Waals surface area contributed by atoms with Gasteiger partial charge in [0.15, 0.2) is 0 Å². The highest BCUT2D eigenvalue weighted by Gasteiger charge is 2.36. The molecule has 0 aromatic carbocycles. The monoisotopic (exact) mass is 295 g/mol. The summed E-state index contributed by atoms with van der Waals surface area (Å²) in [4.78, 5) is 14.8. The zero-order chi connectivity index (χ0) is 15.3. The predicted molar refractivity (Wildman–Crippen MR) is 87.1 cm³/mol. The van der Waals surface area contributed by atoms with Crippen molar-refractivity contribution < 1.29 is 4.79 Å². The third kappa shape index (κ3) is 4.43. The SMILES string of the molecule is CN(C)C(CNC(=O)C1(N)CCCCC1)C1CCCCC1. The van der Waals surface area contributed by atoms with Crippen LogP contribution in [-0.4, -0.2) is 43.0 Å². The smallest absolute Gasteiger partial charge is 0.240 e. The highest BCUT2D eigenvalue weighted by atomic mass is 16.2. The fourth-order valence-corrected chi connectivity index (χ4v) is 4.07. The molecular formula is C17H33N3O. The maximum absolute atomic E-state index is 12.5. The van der Waals surface area contributed by atoms with Crippen LogP contribution in [0.25, 0.3) is 0 Å². The van der Waals surface area contributed by atoms with Gasteiger partial charge in [-0.15, -0.1) is 0 Å². The van der Waals surface area contributed by atoms with Crippen molar-refractivity contribution in [2.24, 2.45) is 11.7 Å². The number of nitrogens with zero attached hydrogens (tertiary/aromatic N) is 1. The van der Waals surface area contributed by atoms with Crippen LogP contribution in [0.3, 0.4) is 0 Å². The molecule has 0 spiro atoms. The number of amides is 1. The van der Waals surface area contributed by atoms with Gasteiger partial charge in [-0.2, -0.15) is 0 Å². The number of nitrogens with one attached hydrogen (secondary N) is 1. The molecule has 0 aliphatic heterocycles. The van der Waals surface area contributed by atoms with Crippen molar-refractivity contribution in [1.82, 2.24) is 10.2 Å².